The molecule has 0 atom stereocenters. The highest BCUT2D eigenvalue weighted by atomic mass is 16.6. The summed E-state index contributed by atoms with van der Waals surface area (Å²) in [5.41, 5.74) is 2.51. The summed E-state index contributed by atoms with van der Waals surface area (Å²) in [6.45, 7) is 1.96. The number of anilines is 2. The van der Waals surface area contributed by atoms with Crippen molar-refractivity contribution in [2.75, 3.05) is 5.32 Å². The summed E-state index contributed by atoms with van der Waals surface area (Å²) < 4.78 is 0. The molecule has 2 rings (SSSR count). The average molecular weight is 228 g/mol. The predicted octanol–water partition coefficient (Wildman–Crippen LogP) is 3.65. The molecule has 86 valence electrons. The molecule has 0 saturated carbocycles. The molecule has 17 heavy (non-hydrogen) atoms. The molecular formula is C13H12N2O2. The molecule has 4 nitrogen and oxygen atoms in total. The fourth-order valence-electron chi connectivity index (χ4n) is 1.60. The lowest BCUT2D eigenvalue weighted by Crippen LogP contribution is -1.97. The van der Waals surface area contributed by atoms with Crippen LogP contribution in [-0.4, -0.2) is 4.92 Å². The topological polar surface area (TPSA) is 55.2 Å². The van der Waals surface area contributed by atoms with E-state index in [0.29, 0.717) is 5.69 Å². The number of hydrogen-bond donors (Lipinski definition) is 1. The van der Waals surface area contributed by atoms with Crippen molar-refractivity contribution in [2.24, 2.45) is 0 Å². The van der Waals surface area contributed by atoms with E-state index >= 15 is 0 Å². The SMILES string of the molecule is Cc1ccccc1Nc1ccccc1[N+](=O)[O-]. The van der Waals surface area contributed by atoms with Crippen molar-refractivity contribution in [3.63, 3.8) is 0 Å². The van der Waals surface area contributed by atoms with Crippen molar-refractivity contribution in [1.29, 1.82) is 0 Å². The first kappa shape index (κ1) is 11.1. The molecule has 0 aromatic heterocycles. The minimum absolute atomic E-state index is 0.0794. The molecular weight excluding hydrogens is 216 g/mol. The van der Waals surface area contributed by atoms with Crippen molar-refractivity contribution in [2.45, 2.75) is 6.92 Å². The first-order chi connectivity index (χ1) is 8.18. The van der Waals surface area contributed by atoms with Crippen LogP contribution in [0.1, 0.15) is 5.56 Å². The average Bonchev–Trinajstić information content (AvgIpc) is 2.32. The maximum Gasteiger partial charge on any atom is 0.292 e. The lowest BCUT2D eigenvalue weighted by molar-refractivity contribution is -0.383. The number of nitrogens with zero attached hydrogens (tertiary/aromatic N) is 1. The molecule has 0 aliphatic heterocycles. The zero-order valence-electron chi connectivity index (χ0n) is 9.38. The summed E-state index contributed by atoms with van der Waals surface area (Å²) >= 11 is 0. The highest BCUT2D eigenvalue weighted by Gasteiger charge is 2.12. The van der Waals surface area contributed by atoms with Crippen LogP contribution in [0.25, 0.3) is 0 Å². The number of rotatable bonds is 3. The molecule has 2 aromatic rings. The first-order valence-corrected chi connectivity index (χ1v) is 5.24. The van der Waals surface area contributed by atoms with Gasteiger partial charge in [-0.3, -0.25) is 10.1 Å². The van der Waals surface area contributed by atoms with Gasteiger partial charge in [-0.2, -0.15) is 0 Å². The third-order valence-corrected chi connectivity index (χ3v) is 2.52. The highest BCUT2D eigenvalue weighted by molar-refractivity contribution is 5.70. The summed E-state index contributed by atoms with van der Waals surface area (Å²) in [6.07, 6.45) is 0. The summed E-state index contributed by atoms with van der Waals surface area (Å²) in [6, 6.07) is 14.3. The molecule has 4 heteroatoms. The monoisotopic (exact) mass is 228 g/mol. The van der Waals surface area contributed by atoms with Gasteiger partial charge in [0.15, 0.2) is 0 Å². The van der Waals surface area contributed by atoms with Crippen LogP contribution in [0.5, 0.6) is 0 Å². The van der Waals surface area contributed by atoms with Crippen LogP contribution in [-0.2, 0) is 0 Å². The van der Waals surface area contributed by atoms with E-state index in [0.717, 1.165) is 11.3 Å². The van der Waals surface area contributed by atoms with Crippen LogP contribution in [0.2, 0.25) is 0 Å². The van der Waals surface area contributed by atoms with E-state index in [1.54, 1.807) is 18.2 Å². The second kappa shape index (κ2) is 4.65. The van der Waals surface area contributed by atoms with Gasteiger partial charge in [0, 0.05) is 11.8 Å². The van der Waals surface area contributed by atoms with Gasteiger partial charge in [0.2, 0.25) is 0 Å². The second-order valence-electron chi connectivity index (χ2n) is 3.71. The Morgan fingerprint density at radius 2 is 1.59 bits per heavy atom. The van der Waals surface area contributed by atoms with Gasteiger partial charge in [-0.15, -0.1) is 0 Å². The quantitative estimate of drug-likeness (QED) is 0.644. The Bertz CT molecular complexity index is 553. The standard InChI is InChI=1S/C13H12N2O2/c1-10-6-2-3-7-11(10)14-12-8-4-5-9-13(12)15(16)17/h2-9,14H,1H3. The van der Waals surface area contributed by atoms with Gasteiger partial charge in [-0.25, -0.2) is 0 Å². The molecule has 0 saturated heterocycles. The van der Waals surface area contributed by atoms with Crippen molar-refractivity contribution in [3.05, 3.63) is 64.2 Å². The third-order valence-electron chi connectivity index (χ3n) is 2.52. The number of para-hydroxylation sites is 3. The molecule has 2 aromatic carbocycles. The Kier molecular flexibility index (Phi) is 3.05. The summed E-state index contributed by atoms with van der Waals surface area (Å²) in [5.74, 6) is 0. The molecule has 0 aliphatic rings. The minimum Gasteiger partial charge on any atom is -0.350 e. The van der Waals surface area contributed by atoms with Gasteiger partial charge in [0.05, 0.1) is 4.92 Å². The smallest absolute Gasteiger partial charge is 0.292 e. The van der Waals surface area contributed by atoms with Crippen LogP contribution < -0.4 is 5.32 Å². The molecule has 0 amide bonds. The summed E-state index contributed by atoms with van der Waals surface area (Å²) in [5, 5.41) is 13.9. The molecule has 0 bridgehead atoms. The maximum absolute atomic E-state index is 10.9. The summed E-state index contributed by atoms with van der Waals surface area (Å²) in [4.78, 5) is 10.5. The number of nitrogens with one attached hydrogen (secondary N) is 1. The number of benzene rings is 2. The number of nitro groups is 1. The van der Waals surface area contributed by atoms with Crippen LogP contribution in [0.3, 0.4) is 0 Å². The molecule has 1 N–H and O–H groups in total. The number of nitro benzene ring substituents is 1. The van der Waals surface area contributed by atoms with Gasteiger partial charge in [-0.1, -0.05) is 30.3 Å². The van der Waals surface area contributed by atoms with Crippen molar-refractivity contribution >= 4 is 17.1 Å². The van der Waals surface area contributed by atoms with Gasteiger partial charge < -0.3 is 5.32 Å². The number of hydrogen-bond acceptors (Lipinski definition) is 3. The molecule has 0 unspecified atom stereocenters. The first-order valence-electron chi connectivity index (χ1n) is 5.24. The van der Waals surface area contributed by atoms with Crippen LogP contribution >= 0.6 is 0 Å². The third kappa shape index (κ3) is 2.42. The second-order valence-corrected chi connectivity index (χ2v) is 3.71. The van der Waals surface area contributed by atoms with E-state index in [1.807, 2.05) is 31.2 Å². The van der Waals surface area contributed by atoms with Crippen LogP contribution in [0.4, 0.5) is 17.1 Å². The Balaban J connectivity index is 2.37. The Hall–Kier alpha value is -2.36. The fourth-order valence-corrected chi connectivity index (χ4v) is 1.60. The van der Waals surface area contributed by atoms with Crippen LogP contribution in [0, 0.1) is 17.0 Å². The van der Waals surface area contributed by atoms with Crippen molar-refractivity contribution in [3.8, 4) is 0 Å². The van der Waals surface area contributed by atoms with Gasteiger partial charge >= 0.3 is 0 Å². The van der Waals surface area contributed by atoms with Crippen molar-refractivity contribution in [1.82, 2.24) is 0 Å². The fraction of sp³-hybridized carbons (Fsp3) is 0.0769. The van der Waals surface area contributed by atoms with Crippen molar-refractivity contribution < 1.29 is 4.92 Å². The van der Waals surface area contributed by atoms with E-state index in [2.05, 4.69) is 5.32 Å². The lowest BCUT2D eigenvalue weighted by atomic mass is 10.2. The van der Waals surface area contributed by atoms with E-state index in [9.17, 15) is 10.1 Å². The minimum atomic E-state index is -0.388. The Morgan fingerprint density at radius 1 is 1.00 bits per heavy atom. The molecule has 0 aliphatic carbocycles. The molecule has 0 radical (unpaired) electrons. The Labute approximate surface area is 99.1 Å². The molecule has 0 spiro atoms. The van der Waals surface area contributed by atoms with Gasteiger partial charge in [0.1, 0.15) is 5.69 Å². The van der Waals surface area contributed by atoms with Gasteiger partial charge in [-0.05, 0) is 24.6 Å². The van der Waals surface area contributed by atoms with Crippen LogP contribution in [0.15, 0.2) is 48.5 Å². The van der Waals surface area contributed by atoms with E-state index in [4.69, 9.17) is 0 Å². The van der Waals surface area contributed by atoms with E-state index in [-0.39, 0.29) is 10.6 Å². The Morgan fingerprint density at radius 3 is 2.24 bits per heavy atom. The number of aryl methyl sites for hydroxylation is 1. The molecule has 0 heterocycles. The van der Waals surface area contributed by atoms with E-state index < -0.39 is 0 Å². The predicted molar refractivity (Wildman–Crippen MR) is 67.6 cm³/mol. The largest absolute Gasteiger partial charge is 0.350 e. The maximum atomic E-state index is 10.9. The lowest BCUT2D eigenvalue weighted by Gasteiger charge is -2.09. The van der Waals surface area contributed by atoms with E-state index in [1.165, 1.54) is 6.07 Å². The van der Waals surface area contributed by atoms with Gasteiger partial charge in [0.25, 0.3) is 5.69 Å². The zero-order valence-corrected chi connectivity index (χ0v) is 9.38. The highest BCUT2D eigenvalue weighted by Crippen LogP contribution is 2.28. The zero-order chi connectivity index (χ0) is 12.3. The summed E-state index contributed by atoms with van der Waals surface area (Å²) in [7, 11) is 0. The molecule has 0 fully saturated rings. The normalized spacial score (nSPS) is 9.94.